The Morgan fingerprint density at radius 3 is 2.54 bits per heavy atom. The first-order valence-corrected chi connectivity index (χ1v) is 14.7. The first-order chi connectivity index (χ1) is 19.7. The molecule has 0 amide bonds. The quantitative estimate of drug-likeness (QED) is 0.213. The molecule has 0 spiro atoms. The van der Waals surface area contributed by atoms with Crippen molar-refractivity contribution in [2.24, 2.45) is 0 Å². The van der Waals surface area contributed by atoms with Crippen LogP contribution in [0.3, 0.4) is 0 Å². The van der Waals surface area contributed by atoms with Crippen LogP contribution in [0.15, 0.2) is 83.9 Å². The number of para-hydroxylation sites is 1. The summed E-state index contributed by atoms with van der Waals surface area (Å²) < 4.78 is 36.3. The predicted molar refractivity (Wildman–Crippen MR) is 159 cm³/mol. The maximum atomic E-state index is 14.1. The Hall–Kier alpha value is -4.68. The Balaban J connectivity index is 1.51. The highest BCUT2D eigenvalue weighted by Gasteiger charge is 2.30. The number of sulfonamides is 1. The molecule has 0 saturated heterocycles. The van der Waals surface area contributed by atoms with Crippen molar-refractivity contribution in [2.45, 2.75) is 38.1 Å². The summed E-state index contributed by atoms with van der Waals surface area (Å²) in [6.07, 6.45) is 3.31. The highest BCUT2D eigenvalue weighted by Crippen LogP contribution is 2.33. The fourth-order valence-corrected chi connectivity index (χ4v) is 6.74. The number of pyridine rings is 1. The van der Waals surface area contributed by atoms with Crippen molar-refractivity contribution in [3.05, 3.63) is 101 Å². The number of aryl methyl sites for hydroxylation is 3. The van der Waals surface area contributed by atoms with E-state index in [-0.39, 0.29) is 4.90 Å². The van der Waals surface area contributed by atoms with E-state index in [1.807, 2.05) is 43.3 Å². The Morgan fingerprint density at radius 2 is 1.80 bits per heavy atom. The lowest BCUT2D eigenvalue weighted by molar-refractivity contribution is -0.138. The second kappa shape index (κ2) is 11.4. The molecule has 0 aliphatic heterocycles. The van der Waals surface area contributed by atoms with E-state index in [0.29, 0.717) is 22.2 Å². The number of nitriles is 1. The number of rotatable bonds is 9. The molecule has 0 radical (unpaired) electrons. The molecule has 2 heterocycles. The van der Waals surface area contributed by atoms with Crippen molar-refractivity contribution in [2.75, 3.05) is 18.0 Å². The van der Waals surface area contributed by atoms with Crippen LogP contribution < -0.4 is 4.31 Å². The van der Waals surface area contributed by atoms with E-state index in [2.05, 4.69) is 22.5 Å². The molecule has 3 aromatic carbocycles. The molecule has 0 unspecified atom stereocenters. The van der Waals surface area contributed by atoms with Crippen molar-refractivity contribution in [1.29, 1.82) is 5.26 Å². The van der Waals surface area contributed by atoms with Gasteiger partial charge >= 0.3 is 5.97 Å². The van der Waals surface area contributed by atoms with E-state index in [4.69, 9.17) is 10.00 Å². The predicted octanol–water partition coefficient (Wildman–Crippen LogP) is 5.68. The molecule has 9 heteroatoms. The van der Waals surface area contributed by atoms with Gasteiger partial charge in [0.1, 0.15) is 11.4 Å². The Morgan fingerprint density at radius 1 is 1.05 bits per heavy atom. The van der Waals surface area contributed by atoms with E-state index >= 15 is 0 Å². The lowest BCUT2D eigenvalue weighted by atomic mass is 10.1. The fraction of sp³-hybridized carbons (Fsp3) is 0.219. The summed E-state index contributed by atoms with van der Waals surface area (Å²) in [5.41, 5.74) is 5.65. The molecule has 0 fully saturated rings. The van der Waals surface area contributed by atoms with Gasteiger partial charge in [-0.15, -0.1) is 0 Å². The third-order valence-corrected chi connectivity index (χ3v) is 9.31. The van der Waals surface area contributed by atoms with Crippen molar-refractivity contribution in [3.63, 3.8) is 0 Å². The number of ether oxygens (including phenoxy) is 1. The summed E-state index contributed by atoms with van der Waals surface area (Å²) in [6, 6.07) is 23.8. The number of anilines is 1. The summed E-state index contributed by atoms with van der Waals surface area (Å²) >= 11 is 0. The summed E-state index contributed by atoms with van der Waals surface area (Å²) in [7, 11) is -2.94. The van der Waals surface area contributed by atoms with Crippen LogP contribution >= 0.6 is 0 Å². The number of fused-ring (bicyclic) bond motifs is 2. The van der Waals surface area contributed by atoms with Gasteiger partial charge in [-0.3, -0.25) is 14.1 Å². The van der Waals surface area contributed by atoms with Gasteiger partial charge in [0, 0.05) is 34.7 Å². The van der Waals surface area contributed by atoms with E-state index in [0.717, 1.165) is 45.9 Å². The average Bonchev–Trinajstić information content (AvgIpc) is 3.23. The Kier molecular flexibility index (Phi) is 7.77. The zero-order chi connectivity index (χ0) is 29.1. The number of aromatic nitrogens is 2. The smallest absolute Gasteiger partial charge is 0.326 e. The molecule has 0 aliphatic carbocycles. The van der Waals surface area contributed by atoms with Gasteiger partial charge in [-0.05, 0) is 80.3 Å². The first kappa shape index (κ1) is 27.9. The topological polar surface area (TPSA) is 105 Å². The molecular weight excluding hydrogens is 536 g/mol. The van der Waals surface area contributed by atoms with Gasteiger partial charge in [-0.1, -0.05) is 30.3 Å². The number of methoxy groups -OCH3 is 1. The van der Waals surface area contributed by atoms with Gasteiger partial charge in [0.2, 0.25) is 0 Å². The average molecular weight is 567 g/mol. The normalized spacial score (nSPS) is 11.5. The lowest BCUT2D eigenvalue weighted by Crippen LogP contribution is -2.36. The number of hydrogen-bond acceptors (Lipinski definition) is 6. The molecule has 5 aromatic rings. The van der Waals surface area contributed by atoms with Gasteiger partial charge in [0.25, 0.3) is 10.0 Å². The van der Waals surface area contributed by atoms with Gasteiger partial charge in [-0.2, -0.15) is 5.26 Å². The van der Waals surface area contributed by atoms with E-state index in [9.17, 15) is 13.2 Å². The van der Waals surface area contributed by atoms with Crippen LogP contribution in [0.1, 0.15) is 28.8 Å². The Labute approximate surface area is 239 Å². The number of nitrogens with zero attached hydrogens (tertiary/aromatic N) is 4. The molecule has 5 rings (SSSR count). The number of benzene rings is 3. The molecule has 2 aromatic heterocycles. The van der Waals surface area contributed by atoms with E-state index in [1.165, 1.54) is 18.7 Å². The molecule has 0 N–H and O–H groups in total. The van der Waals surface area contributed by atoms with Crippen LogP contribution in [0, 0.1) is 25.2 Å². The summed E-state index contributed by atoms with van der Waals surface area (Å²) in [5.74, 6) is -0.671. The zero-order valence-electron chi connectivity index (χ0n) is 23.2. The molecule has 0 aliphatic rings. The van der Waals surface area contributed by atoms with Gasteiger partial charge in [0.05, 0.1) is 29.9 Å². The number of esters is 1. The van der Waals surface area contributed by atoms with Gasteiger partial charge in [0.15, 0.2) is 0 Å². The van der Waals surface area contributed by atoms with E-state index in [1.54, 1.807) is 36.5 Å². The lowest BCUT2D eigenvalue weighted by Gasteiger charge is -2.24. The third kappa shape index (κ3) is 5.39. The van der Waals surface area contributed by atoms with Crippen LogP contribution in [-0.4, -0.2) is 37.6 Å². The largest absolute Gasteiger partial charge is 0.468 e. The molecular formula is C32H30N4O4S. The Bertz CT molecular complexity index is 1900. The molecule has 208 valence electrons. The number of carbonyl (C=O) groups excluding carboxylic acids is 1. The van der Waals surface area contributed by atoms with Crippen LogP contribution in [0.2, 0.25) is 0 Å². The minimum absolute atomic E-state index is 0.0212. The SMILES string of the molecule is COC(=O)CN(c1ccc2c(c1)c(C)c(C)n2CCCc1ccc(C#N)cc1)S(=O)(=O)c1cccc2cccnc12. The molecule has 0 atom stereocenters. The minimum atomic E-state index is -4.18. The molecule has 41 heavy (non-hydrogen) atoms. The highest BCUT2D eigenvalue weighted by atomic mass is 32.2. The summed E-state index contributed by atoms with van der Waals surface area (Å²) in [5, 5.41) is 10.6. The summed E-state index contributed by atoms with van der Waals surface area (Å²) in [4.78, 5) is 16.8. The molecule has 0 bridgehead atoms. The second-order valence-corrected chi connectivity index (χ2v) is 11.7. The zero-order valence-corrected chi connectivity index (χ0v) is 24.0. The monoisotopic (exact) mass is 566 g/mol. The molecule has 8 nitrogen and oxygen atoms in total. The van der Waals surface area contributed by atoms with Crippen molar-refractivity contribution in [3.8, 4) is 6.07 Å². The van der Waals surface area contributed by atoms with E-state index < -0.39 is 22.5 Å². The minimum Gasteiger partial charge on any atom is -0.468 e. The van der Waals surface area contributed by atoms with Crippen LogP contribution in [0.5, 0.6) is 0 Å². The standard InChI is InChI=1S/C32H30N4O4S/c1-22-23(2)35(18-6-7-24-11-13-25(20-33)14-12-24)29-16-15-27(19-28(22)29)36(21-31(37)40-3)41(38,39)30-10-4-8-26-9-5-17-34-32(26)30/h4-5,8-17,19H,6-7,18,21H2,1-3H3. The third-order valence-electron chi connectivity index (χ3n) is 7.50. The summed E-state index contributed by atoms with van der Waals surface area (Å²) in [6.45, 7) is 4.38. The maximum Gasteiger partial charge on any atom is 0.326 e. The van der Waals surface area contributed by atoms with Crippen molar-refractivity contribution in [1.82, 2.24) is 9.55 Å². The fourth-order valence-electron chi connectivity index (χ4n) is 5.17. The van der Waals surface area contributed by atoms with Crippen molar-refractivity contribution >= 4 is 43.5 Å². The van der Waals surface area contributed by atoms with Crippen LogP contribution in [0.4, 0.5) is 5.69 Å². The number of hydrogen-bond donors (Lipinski definition) is 0. The molecule has 0 saturated carbocycles. The van der Waals surface area contributed by atoms with Gasteiger partial charge in [-0.25, -0.2) is 8.42 Å². The van der Waals surface area contributed by atoms with Gasteiger partial charge < -0.3 is 9.30 Å². The number of carbonyl (C=O) groups is 1. The maximum absolute atomic E-state index is 14.1. The highest BCUT2D eigenvalue weighted by molar-refractivity contribution is 7.93. The first-order valence-electron chi connectivity index (χ1n) is 13.3. The van der Waals surface area contributed by atoms with Crippen LogP contribution in [-0.2, 0) is 32.5 Å². The van der Waals surface area contributed by atoms with Crippen LogP contribution in [0.25, 0.3) is 21.8 Å². The second-order valence-electron chi connectivity index (χ2n) is 9.89. The van der Waals surface area contributed by atoms with Crippen molar-refractivity contribution < 1.29 is 17.9 Å².